The topological polar surface area (TPSA) is 89.0 Å². The molecule has 256 valence electrons. The fourth-order valence-corrected chi connectivity index (χ4v) is 9.41. The van der Waals surface area contributed by atoms with Crippen molar-refractivity contribution >= 4 is 37.6 Å². The maximum Gasteiger partial charge on any atom is 0.210 e. The summed E-state index contributed by atoms with van der Waals surface area (Å²) in [6.07, 6.45) is 11.7. The lowest BCUT2D eigenvalue weighted by Crippen LogP contribution is -2.52. The van der Waals surface area contributed by atoms with Gasteiger partial charge in [-0.1, -0.05) is 20.3 Å². The smallest absolute Gasteiger partial charge is 0.210 e. The molecule has 2 aromatic carbocycles. The van der Waals surface area contributed by atoms with Crippen LogP contribution in [0.3, 0.4) is 0 Å². The van der Waals surface area contributed by atoms with Crippen molar-refractivity contribution in [3.05, 3.63) is 48.7 Å². The number of likely N-dealkylation sites (tertiary alicyclic amines) is 2. The fourth-order valence-electron chi connectivity index (χ4n) is 7.43. The van der Waals surface area contributed by atoms with E-state index in [4.69, 9.17) is 4.74 Å². The summed E-state index contributed by atoms with van der Waals surface area (Å²) in [5.41, 5.74) is 0.989. The van der Waals surface area contributed by atoms with Crippen LogP contribution in [0.25, 0.3) is 10.9 Å². The molecule has 0 aliphatic carbocycles. The van der Waals surface area contributed by atoms with Gasteiger partial charge in [-0.3, -0.25) is 4.98 Å². The number of aromatic nitrogens is 1. The van der Waals surface area contributed by atoms with Crippen molar-refractivity contribution < 1.29 is 17.7 Å². The second kappa shape index (κ2) is 14.2. The van der Waals surface area contributed by atoms with Crippen LogP contribution in [0.15, 0.2) is 63.3 Å². The molecule has 1 atom stereocenters. The number of piperidine rings is 3. The molecule has 8 nitrogen and oxygen atoms in total. The zero-order chi connectivity index (χ0) is 33.3. The van der Waals surface area contributed by atoms with Gasteiger partial charge in [-0.2, -0.15) is 0 Å². The van der Waals surface area contributed by atoms with Crippen LogP contribution < -0.4 is 9.64 Å². The van der Waals surface area contributed by atoms with E-state index in [0.29, 0.717) is 27.9 Å². The average Bonchev–Trinajstić information content (AvgIpc) is 3.08. The summed E-state index contributed by atoms with van der Waals surface area (Å²) in [6.45, 7) is 14.6. The van der Waals surface area contributed by atoms with E-state index >= 15 is 0 Å². The van der Waals surface area contributed by atoms with E-state index in [9.17, 15) is 13.0 Å². The molecule has 1 aromatic heterocycles. The van der Waals surface area contributed by atoms with E-state index in [1.165, 1.54) is 51.4 Å². The molecular weight excluding hydrogens is 629 g/mol. The Kier molecular flexibility index (Phi) is 10.4. The summed E-state index contributed by atoms with van der Waals surface area (Å²) < 4.78 is 47.4. The highest BCUT2D eigenvalue weighted by Crippen LogP contribution is 2.39. The zero-order valence-electron chi connectivity index (χ0n) is 28.8. The van der Waals surface area contributed by atoms with Gasteiger partial charge < -0.3 is 24.0 Å². The lowest BCUT2D eigenvalue weighted by molar-refractivity contribution is 0.0599. The minimum atomic E-state index is -3.92. The summed E-state index contributed by atoms with van der Waals surface area (Å²) in [4.78, 5) is 13.3. The van der Waals surface area contributed by atoms with Gasteiger partial charge >= 0.3 is 0 Å². The predicted molar refractivity (Wildman–Crippen MR) is 191 cm³/mol. The standard InChI is InChI=1S/C37H52N4O4S2/c1-27(2)37(3,4)45-30-9-12-32(13-10-30)47(43,44)35-26-38-34-14-11-31(46(5)42)25-33(34)36(35)41-23-17-29(18-24-41)40-21-15-28(16-22-40)39-19-7-6-8-20-39/h9-14,25-29H,6-8,15-24H2,1-5H3. The van der Waals surface area contributed by atoms with E-state index in [0.717, 1.165) is 50.4 Å². The third-order valence-electron chi connectivity index (χ3n) is 11.0. The van der Waals surface area contributed by atoms with Gasteiger partial charge in [0, 0.05) is 42.8 Å². The van der Waals surface area contributed by atoms with E-state index in [-0.39, 0.29) is 21.3 Å². The van der Waals surface area contributed by atoms with Gasteiger partial charge in [0.05, 0.1) is 16.1 Å². The lowest BCUT2D eigenvalue weighted by Gasteiger charge is -2.45. The van der Waals surface area contributed by atoms with E-state index in [2.05, 4.69) is 33.5 Å². The molecule has 3 aliphatic heterocycles. The Hall–Kier alpha value is -2.37. The molecule has 3 fully saturated rings. The molecule has 6 rings (SSSR count). The summed E-state index contributed by atoms with van der Waals surface area (Å²) in [5, 5.41) is 0.734. The zero-order valence-corrected chi connectivity index (χ0v) is 30.4. The lowest BCUT2D eigenvalue weighted by atomic mass is 9.94. The van der Waals surface area contributed by atoms with Crippen LogP contribution in [-0.4, -0.2) is 91.0 Å². The van der Waals surface area contributed by atoms with Crippen LogP contribution in [0.2, 0.25) is 0 Å². The Bertz CT molecular complexity index is 1620. The number of hydrogen-bond acceptors (Lipinski definition) is 8. The summed E-state index contributed by atoms with van der Waals surface area (Å²) in [6, 6.07) is 13.5. The molecule has 0 spiro atoms. The van der Waals surface area contributed by atoms with Crippen molar-refractivity contribution in [2.75, 3.05) is 50.4 Å². The Balaban J connectivity index is 1.25. The number of nitrogens with zero attached hydrogens (tertiary/aromatic N) is 4. The summed E-state index contributed by atoms with van der Waals surface area (Å²) >= 11 is -1.21. The summed E-state index contributed by atoms with van der Waals surface area (Å²) in [5.74, 6) is 0.923. The van der Waals surface area contributed by atoms with Crippen molar-refractivity contribution in [2.45, 2.75) is 105 Å². The Morgan fingerprint density at radius 3 is 2.06 bits per heavy atom. The van der Waals surface area contributed by atoms with Crippen molar-refractivity contribution in [3.8, 4) is 5.75 Å². The maximum absolute atomic E-state index is 14.4. The fraction of sp³-hybridized carbons (Fsp3) is 0.595. The molecule has 0 saturated carbocycles. The third-order valence-corrected chi connectivity index (χ3v) is 13.7. The number of benzene rings is 2. The molecule has 47 heavy (non-hydrogen) atoms. The van der Waals surface area contributed by atoms with Gasteiger partial charge in [0.25, 0.3) is 0 Å². The number of sulfone groups is 1. The van der Waals surface area contributed by atoms with Crippen molar-refractivity contribution in [1.82, 2.24) is 14.8 Å². The Morgan fingerprint density at radius 2 is 1.47 bits per heavy atom. The number of hydrogen-bond donors (Lipinski definition) is 0. The monoisotopic (exact) mass is 680 g/mol. The van der Waals surface area contributed by atoms with E-state index in [1.54, 1.807) is 30.5 Å². The number of pyridine rings is 1. The molecule has 3 saturated heterocycles. The SMILES string of the molecule is CC(C)C(C)(C)Oc1ccc(S(=O)(=O)c2cnc3ccc([S+](C)[O-])cc3c2N2CCC(N3CCC(N4CCCCC4)CC3)CC2)cc1. The van der Waals surface area contributed by atoms with E-state index in [1.807, 2.05) is 32.0 Å². The first kappa shape index (κ1) is 34.5. The molecule has 0 N–H and O–H groups in total. The van der Waals surface area contributed by atoms with Crippen LogP contribution in [0, 0.1) is 5.92 Å². The second-order valence-electron chi connectivity index (χ2n) is 14.5. The van der Waals surface area contributed by atoms with Crippen LogP contribution in [0.1, 0.15) is 72.6 Å². The molecule has 3 aliphatic rings. The van der Waals surface area contributed by atoms with Crippen molar-refractivity contribution in [3.63, 3.8) is 0 Å². The molecule has 0 radical (unpaired) electrons. The molecule has 0 amide bonds. The van der Waals surface area contributed by atoms with Gasteiger partial charge in [0.15, 0.2) is 4.90 Å². The first-order valence-corrected chi connectivity index (χ1v) is 20.5. The second-order valence-corrected chi connectivity index (χ2v) is 17.8. The largest absolute Gasteiger partial charge is 0.612 e. The number of rotatable bonds is 9. The first-order chi connectivity index (χ1) is 22.4. The Labute approximate surface area is 285 Å². The number of ether oxygens (including phenoxy) is 1. The highest BCUT2D eigenvalue weighted by Gasteiger charge is 2.34. The summed E-state index contributed by atoms with van der Waals surface area (Å²) in [7, 11) is -3.92. The van der Waals surface area contributed by atoms with Crippen LogP contribution in [-0.2, 0) is 21.0 Å². The van der Waals surface area contributed by atoms with Crippen molar-refractivity contribution in [2.24, 2.45) is 5.92 Å². The molecular formula is C37H52N4O4S2. The van der Waals surface area contributed by atoms with Gasteiger partial charge in [-0.25, -0.2) is 8.42 Å². The first-order valence-electron chi connectivity index (χ1n) is 17.5. The molecule has 1 unspecified atom stereocenters. The van der Waals surface area contributed by atoms with Crippen LogP contribution in [0.5, 0.6) is 5.75 Å². The average molecular weight is 681 g/mol. The van der Waals surface area contributed by atoms with Crippen molar-refractivity contribution in [1.29, 1.82) is 0 Å². The third kappa shape index (κ3) is 7.47. The van der Waals surface area contributed by atoms with Crippen LogP contribution >= 0.6 is 0 Å². The highest BCUT2D eigenvalue weighted by atomic mass is 32.2. The maximum atomic E-state index is 14.4. The van der Waals surface area contributed by atoms with Gasteiger partial charge in [-0.05, 0) is 132 Å². The predicted octanol–water partition coefficient (Wildman–Crippen LogP) is 6.54. The van der Waals surface area contributed by atoms with E-state index < -0.39 is 21.0 Å². The molecule has 4 heterocycles. The normalized spacial score (nSPS) is 20.6. The Morgan fingerprint density at radius 1 is 0.872 bits per heavy atom. The molecule has 3 aromatic rings. The van der Waals surface area contributed by atoms with Gasteiger partial charge in [0.1, 0.15) is 22.5 Å². The minimum Gasteiger partial charge on any atom is -0.612 e. The number of anilines is 1. The highest BCUT2D eigenvalue weighted by molar-refractivity contribution is 7.91. The van der Waals surface area contributed by atoms with Gasteiger partial charge in [-0.15, -0.1) is 0 Å². The van der Waals surface area contributed by atoms with Crippen LogP contribution in [0.4, 0.5) is 5.69 Å². The molecule has 10 heteroatoms. The number of fused-ring (bicyclic) bond motifs is 1. The minimum absolute atomic E-state index is 0.195. The molecule has 0 bridgehead atoms. The van der Waals surface area contributed by atoms with Gasteiger partial charge in [0.2, 0.25) is 9.84 Å². The quantitative estimate of drug-likeness (QED) is 0.236.